The average molecular weight is 690 g/mol. The fourth-order valence-corrected chi connectivity index (χ4v) is 7.45. The number of nitrogens with zero attached hydrogens (tertiary/aromatic N) is 6. The Labute approximate surface area is 311 Å². The van der Waals surface area contributed by atoms with Crippen molar-refractivity contribution in [3.8, 4) is 62.8 Å². The standard InChI is InChI=1S/C47H27N7/c48-27-34-35(28-49)47-45(33-19-11-4-12-20-33)41-26-24-39(53-41)43(31-15-7-2-8-16-31)37-22-21-36(51-37)42(30-13-5-1-6-14-30)38-23-25-40(52-38)44(46(34)54(47)29-50)32-17-9-3-10-18-32/h1-26,51H. The van der Waals surface area contributed by atoms with Crippen molar-refractivity contribution in [2.24, 2.45) is 0 Å². The molecule has 7 nitrogen and oxygen atoms in total. The molecule has 1 N–H and O–H groups in total. The molecule has 8 bridgehead atoms. The Morgan fingerprint density at radius 3 is 1.04 bits per heavy atom. The average Bonchev–Trinajstić information content (AvgIpc) is 4.05. The van der Waals surface area contributed by atoms with Crippen molar-refractivity contribution >= 4 is 46.4 Å². The van der Waals surface area contributed by atoms with Gasteiger partial charge >= 0.3 is 0 Å². The Bertz CT molecular complexity index is 2790. The van der Waals surface area contributed by atoms with E-state index in [2.05, 4.69) is 59.7 Å². The van der Waals surface area contributed by atoms with Crippen molar-refractivity contribution in [3.05, 3.63) is 167 Å². The second-order valence-corrected chi connectivity index (χ2v) is 12.8. The summed E-state index contributed by atoms with van der Waals surface area (Å²) in [7, 11) is 0. The lowest BCUT2D eigenvalue weighted by Crippen LogP contribution is -1.96. The summed E-state index contributed by atoms with van der Waals surface area (Å²) >= 11 is 0. The summed E-state index contributed by atoms with van der Waals surface area (Å²) in [6, 6.07) is 48.1. The summed E-state index contributed by atoms with van der Waals surface area (Å²) < 4.78 is 1.41. The highest BCUT2D eigenvalue weighted by Gasteiger charge is 2.27. The maximum absolute atomic E-state index is 11.1. The predicted molar refractivity (Wildman–Crippen MR) is 215 cm³/mol. The van der Waals surface area contributed by atoms with Gasteiger partial charge in [-0.15, -0.1) is 0 Å². The van der Waals surface area contributed by atoms with Gasteiger partial charge in [0.25, 0.3) is 0 Å². The first-order valence-electron chi connectivity index (χ1n) is 17.4. The zero-order valence-electron chi connectivity index (χ0n) is 28.7. The highest BCUT2D eigenvalue weighted by atomic mass is 15.0. The summed E-state index contributed by atoms with van der Waals surface area (Å²) in [5.41, 5.74) is 11.2. The zero-order chi connectivity index (χ0) is 36.6. The van der Waals surface area contributed by atoms with E-state index in [4.69, 9.17) is 9.97 Å². The van der Waals surface area contributed by atoms with Crippen LogP contribution in [0, 0.1) is 34.1 Å². The highest BCUT2D eigenvalue weighted by Crippen LogP contribution is 2.41. The molecule has 54 heavy (non-hydrogen) atoms. The van der Waals surface area contributed by atoms with E-state index in [0.29, 0.717) is 33.9 Å². The topological polar surface area (TPSA) is 118 Å². The molecule has 9 rings (SSSR count). The van der Waals surface area contributed by atoms with Crippen LogP contribution in [0.4, 0.5) is 0 Å². The van der Waals surface area contributed by atoms with Crippen LogP contribution in [-0.4, -0.2) is 19.5 Å². The molecule has 0 unspecified atom stereocenters. The van der Waals surface area contributed by atoms with Gasteiger partial charge in [0, 0.05) is 33.3 Å². The molecule has 7 heteroatoms. The molecule has 0 radical (unpaired) electrons. The molecule has 0 saturated carbocycles. The third-order valence-electron chi connectivity index (χ3n) is 9.75. The molecule has 0 spiro atoms. The van der Waals surface area contributed by atoms with Crippen LogP contribution in [0.1, 0.15) is 33.9 Å². The summed E-state index contributed by atoms with van der Waals surface area (Å²) in [5, 5.41) is 32.9. The van der Waals surface area contributed by atoms with E-state index < -0.39 is 0 Å². The molecule has 5 heterocycles. The quantitative estimate of drug-likeness (QED) is 0.197. The van der Waals surface area contributed by atoms with Gasteiger partial charge in [-0.05, 0) is 58.7 Å². The highest BCUT2D eigenvalue weighted by molar-refractivity contribution is 6.04. The van der Waals surface area contributed by atoms with Gasteiger partial charge in [0.1, 0.15) is 12.1 Å². The first kappa shape index (κ1) is 31.9. The third kappa shape index (κ3) is 5.19. The molecule has 0 aliphatic carbocycles. The van der Waals surface area contributed by atoms with E-state index in [1.54, 1.807) is 0 Å². The maximum Gasteiger partial charge on any atom is 0.189 e. The maximum atomic E-state index is 11.1. The van der Waals surface area contributed by atoms with E-state index in [-0.39, 0.29) is 22.2 Å². The fourth-order valence-electron chi connectivity index (χ4n) is 7.45. The van der Waals surface area contributed by atoms with Crippen LogP contribution in [0.3, 0.4) is 0 Å². The molecular formula is C47H27N7. The van der Waals surface area contributed by atoms with Crippen molar-refractivity contribution in [2.75, 3.05) is 0 Å². The SMILES string of the molecule is N#Cc1c(C#N)c2c(-c3ccccc3)c3nc(c(-c4ccccc4)c4ccc([nH]4)c(-c4ccccc4)c4nc(c(-c5ccccc5)c1n2C#N)C=C4)C=C3. The largest absolute Gasteiger partial charge is 0.354 e. The number of H-pyrrole nitrogens is 1. The van der Waals surface area contributed by atoms with E-state index in [9.17, 15) is 15.8 Å². The van der Waals surface area contributed by atoms with Crippen molar-refractivity contribution in [1.29, 1.82) is 15.8 Å². The minimum absolute atomic E-state index is 0.0827. The van der Waals surface area contributed by atoms with E-state index in [0.717, 1.165) is 44.4 Å². The van der Waals surface area contributed by atoms with Gasteiger partial charge in [0.05, 0.1) is 44.9 Å². The molecule has 0 atom stereocenters. The van der Waals surface area contributed by atoms with Crippen molar-refractivity contribution in [2.45, 2.75) is 0 Å². The number of nitrogens with one attached hydrogen (secondary N) is 1. The fraction of sp³-hybridized carbons (Fsp3) is 0. The molecule has 7 aromatic rings. The molecule has 2 aliphatic heterocycles. The molecule has 3 aromatic heterocycles. The number of aromatic nitrogens is 4. The lowest BCUT2D eigenvalue weighted by molar-refractivity contribution is 1.19. The molecule has 4 aromatic carbocycles. The van der Waals surface area contributed by atoms with Gasteiger partial charge in [-0.1, -0.05) is 121 Å². The minimum atomic E-state index is 0.0827. The van der Waals surface area contributed by atoms with Gasteiger partial charge in [0.15, 0.2) is 6.19 Å². The van der Waals surface area contributed by atoms with Crippen molar-refractivity contribution in [1.82, 2.24) is 19.5 Å². The van der Waals surface area contributed by atoms with Crippen LogP contribution in [0.2, 0.25) is 0 Å². The third-order valence-corrected chi connectivity index (χ3v) is 9.75. The second kappa shape index (κ2) is 13.2. The molecular weight excluding hydrogens is 663 g/mol. The number of hydrogen-bond donors (Lipinski definition) is 1. The number of benzene rings is 4. The van der Waals surface area contributed by atoms with Crippen LogP contribution in [0.15, 0.2) is 133 Å². The van der Waals surface area contributed by atoms with E-state index in [1.807, 2.05) is 121 Å². The Morgan fingerprint density at radius 2 is 0.722 bits per heavy atom. The predicted octanol–water partition coefficient (Wildman–Crippen LogP) is 10.9. The molecule has 0 fully saturated rings. The van der Waals surface area contributed by atoms with Crippen LogP contribution in [0.5, 0.6) is 0 Å². The second-order valence-electron chi connectivity index (χ2n) is 12.8. The smallest absolute Gasteiger partial charge is 0.189 e. The number of hydrogen-bond acceptors (Lipinski definition) is 5. The lowest BCUT2D eigenvalue weighted by atomic mass is 9.99. The monoisotopic (exact) mass is 689 g/mol. The first-order valence-corrected chi connectivity index (χ1v) is 17.4. The van der Waals surface area contributed by atoms with E-state index >= 15 is 0 Å². The first-order chi connectivity index (χ1) is 26.7. The summed E-state index contributed by atoms with van der Waals surface area (Å²) in [5.74, 6) is 0. The van der Waals surface area contributed by atoms with Crippen molar-refractivity contribution in [3.63, 3.8) is 0 Å². The Kier molecular flexibility index (Phi) is 7.83. The number of rotatable bonds is 4. The van der Waals surface area contributed by atoms with Crippen LogP contribution in [0.25, 0.3) is 90.9 Å². The summed E-state index contributed by atoms with van der Waals surface area (Å²) in [4.78, 5) is 14.2. The van der Waals surface area contributed by atoms with Crippen LogP contribution in [-0.2, 0) is 0 Å². The number of fused-ring (bicyclic) bond motifs is 8. The van der Waals surface area contributed by atoms with Gasteiger partial charge in [0.2, 0.25) is 0 Å². The summed E-state index contributed by atoms with van der Waals surface area (Å²) in [6.45, 7) is 0. The molecule has 250 valence electrons. The summed E-state index contributed by atoms with van der Waals surface area (Å²) in [6.07, 6.45) is 10.1. The van der Waals surface area contributed by atoms with Gasteiger partial charge < -0.3 is 4.98 Å². The Morgan fingerprint density at radius 1 is 0.407 bits per heavy atom. The Balaban J connectivity index is 1.60. The minimum Gasteiger partial charge on any atom is -0.354 e. The van der Waals surface area contributed by atoms with Gasteiger partial charge in [-0.25, -0.2) is 14.5 Å². The van der Waals surface area contributed by atoms with E-state index in [1.165, 1.54) is 4.57 Å². The van der Waals surface area contributed by atoms with Crippen LogP contribution >= 0.6 is 0 Å². The number of aromatic amines is 1. The van der Waals surface area contributed by atoms with Gasteiger partial charge in [-0.3, -0.25) is 0 Å². The lowest BCUT2D eigenvalue weighted by Gasteiger charge is -2.09. The molecule has 2 aliphatic rings. The molecule has 0 amide bonds. The normalized spacial score (nSPS) is 11.5. The van der Waals surface area contributed by atoms with Crippen molar-refractivity contribution < 1.29 is 0 Å². The zero-order valence-corrected chi connectivity index (χ0v) is 28.7. The van der Waals surface area contributed by atoms with Gasteiger partial charge in [-0.2, -0.15) is 15.8 Å². The number of nitriles is 3. The van der Waals surface area contributed by atoms with Crippen LogP contribution < -0.4 is 0 Å². The Hall–Kier alpha value is -8.05. The molecule has 0 saturated heterocycles.